The Bertz CT molecular complexity index is 421. The topological polar surface area (TPSA) is 35.2 Å². The van der Waals surface area contributed by atoms with Crippen molar-refractivity contribution in [2.75, 3.05) is 0 Å². The van der Waals surface area contributed by atoms with Crippen molar-refractivity contribution in [3.05, 3.63) is 34.9 Å². The van der Waals surface area contributed by atoms with Crippen LogP contribution in [-0.2, 0) is 18.0 Å². The van der Waals surface area contributed by atoms with Gasteiger partial charge in [-0.3, -0.25) is 0 Å². The van der Waals surface area contributed by atoms with Crippen molar-refractivity contribution >= 4 is 0 Å². The van der Waals surface area contributed by atoms with Crippen molar-refractivity contribution in [1.29, 1.82) is 0 Å². The lowest BCUT2D eigenvalue weighted by Gasteiger charge is -2.31. The summed E-state index contributed by atoms with van der Waals surface area (Å²) in [6.07, 6.45) is 5.19. The summed E-state index contributed by atoms with van der Waals surface area (Å²) in [6, 6.07) is 6.82. The first-order chi connectivity index (χ1) is 8.19. The number of hydrogen-bond donors (Lipinski definition) is 1. The Labute approximate surface area is 103 Å². The van der Waals surface area contributed by atoms with E-state index < -0.39 is 0 Å². The van der Waals surface area contributed by atoms with Crippen LogP contribution in [0.2, 0.25) is 0 Å². The normalized spacial score (nSPS) is 23.6. The molecule has 2 aliphatic rings. The van der Waals surface area contributed by atoms with Crippen molar-refractivity contribution in [2.45, 2.75) is 51.9 Å². The molecule has 1 aromatic carbocycles. The molecule has 0 spiro atoms. The average Bonchev–Trinajstić information content (AvgIpc) is 2.96. The molecular weight excluding hydrogens is 210 g/mol. The molecule has 1 heterocycles. The number of rotatable bonds is 2. The van der Waals surface area contributed by atoms with Crippen molar-refractivity contribution in [1.82, 2.24) is 0 Å². The molecule has 1 aliphatic carbocycles. The molecule has 0 radical (unpaired) electrons. The summed E-state index contributed by atoms with van der Waals surface area (Å²) in [6.45, 7) is 3.86. The second kappa shape index (κ2) is 4.11. The molecule has 0 bridgehead atoms. The van der Waals surface area contributed by atoms with E-state index in [0.29, 0.717) is 5.41 Å². The van der Waals surface area contributed by atoms with Gasteiger partial charge < -0.3 is 10.5 Å². The predicted octanol–water partition coefficient (Wildman–Crippen LogP) is 3.30. The summed E-state index contributed by atoms with van der Waals surface area (Å²) < 4.78 is 5.46. The van der Waals surface area contributed by atoms with Crippen molar-refractivity contribution in [3.8, 4) is 0 Å². The minimum Gasteiger partial charge on any atom is -0.372 e. The second-order valence-electron chi connectivity index (χ2n) is 5.86. The third-order valence-electron chi connectivity index (χ3n) is 4.60. The van der Waals surface area contributed by atoms with Crippen LogP contribution in [0.25, 0.3) is 0 Å². The summed E-state index contributed by atoms with van der Waals surface area (Å²) in [5.74, 6) is 0. The summed E-state index contributed by atoms with van der Waals surface area (Å²) in [7, 11) is 0. The molecule has 1 aromatic rings. The standard InChI is InChI=1S/C15H21NO/c1-15(6-2-3-7-15)14(16)11-4-5-12-9-17-10-13(12)8-11/h4-5,8,14H,2-3,6-7,9-10,16H2,1H3. The molecule has 2 N–H and O–H groups in total. The van der Waals surface area contributed by atoms with E-state index in [4.69, 9.17) is 10.5 Å². The van der Waals surface area contributed by atoms with Gasteiger partial charge in [-0.05, 0) is 34.9 Å². The third kappa shape index (κ3) is 1.90. The average molecular weight is 231 g/mol. The van der Waals surface area contributed by atoms with Crippen LogP contribution in [0.1, 0.15) is 55.3 Å². The van der Waals surface area contributed by atoms with E-state index in [2.05, 4.69) is 25.1 Å². The van der Waals surface area contributed by atoms with Gasteiger partial charge in [-0.2, -0.15) is 0 Å². The van der Waals surface area contributed by atoms with Gasteiger partial charge in [0.25, 0.3) is 0 Å². The molecular formula is C15H21NO. The van der Waals surface area contributed by atoms with E-state index in [9.17, 15) is 0 Å². The largest absolute Gasteiger partial charge is 0.372 e. The molecule has 1 unspecified atom stereocenters. The molecule has 0 saturated heterocycles. The minimum absolute atomic E-state index is 0.177. The third-order valence-corrected chi connectivity index (χ3v) is 4.60. The number of nitrogens with two attached hydrogens (primary N) is 1. The van der Waals surface area contributed by atoms with Gasteiger partial charge in [0, 0.05) is 6.04 Å². The molecule has 92 valence electrons. The Kier molecular flexibility index (Phi) is 2.72. The van der Waals surface area contributed by atoms with Crippen molar-refractivity contribution in [3.63, 3.8) is 0 Å². The molecule has 3 rings (SSSR count). The summed E-state index contributed by atoms with van der Waals surface area (Å²) in [5.41, 5.74) is 10.7. The zero-order valence-corrected chi connectivity index (χ0v) is 10.5. The fraction of sp³-hybridized carbons (Fsp3) is 0.600. The van der Waals surface area contributed by atoms with Gasteiger partial charge >= 0.3 is 0 Å². The zero-order valence-electron chi connectivity index (χ0n) is 10.5. The highest BCUT2D eigenvalue weighted by atomic mass is 16.5. The van der Waals surface area contributed by atoms with E-state index in [-0.39, 0.29) is 6.04 Å². The zero-order chi connectivity index (χ0) is 11.9. The lowest BCUT2D eigenvalue weighted by molar-refractivity contribution is 0.134. The molecule has 1 fully saturated rings. The molecule has 2 heteroatoms. The SMILES string of the molecule is CC1(C(N)c2ccc3c(c2)COC3)CCCC1. The van der Waals surface area contributed by atoms with Gasteiger partial charge in [0.1, 0.15) is 0 Å². The van der Waals surface area contributed by atoms with Gasteiger partial charge in [0.05, 0.1) is 13.2 Å². The highest BCUT2D eigenvalue weighted by Crippen LogP contribution is 2.46. The van der Waals surface area contributed by atoms with E-state index in [1.54, 1.807) is 0 Å². The molecule has 0 amide bonds. The molecule has 2 nitrogen and oxygen atoms in total. The Morgan fingerprint density at radius 2 is 1.88 bits per heavy atom. The van der Waals surface area contributed by atoms with Crippen LogP contribution in [-0.4, -0.2) is 0 Å². The summed E-state index contributed by atoms with van der Waals surface area (Å²) in [5, 5.41) is 0. The number of ether oxygens (including phenoxy) is 1. The lowest BCUT2D eigenvalue weighted by Crippen LogP contribution is -2.29. The van der Waals surface area contributed by atoms with Crippen LogP contribution in [0.5, 0.6) is 0 Å². The maximum absolute atomic E-state index is 6.49. The Morgan fingerprint density at radius 1 is 1.18 bits per heavy atom. The highest BCUT2D eigenvalue weighted by Gasteiger charge is 2.35. The first-order valence-corrected chi connectivity index (χ1v) is 6.64. The lowest BCUT2D eigenvalue weighted by atomic mass is 9.77. The van der Waals surface area contributed by atoms with Gasteiger partial charge in [-0.25, -0.2) is 0 Å². The maximum atomic E-state index is 6.49. The Balaban J connectivity index is 1.88. The molecule has 1 aliphatic heterocycles. The molecule has 1 atom stereocenters. The first kappa shape index (κ1) is 11.2. The van der Waals surface area contributed by atoms with E-state index in [0.717, 1.165) is 13.2 Å². The Morgan fingerprint density at radius 3 is 2.65 bits per heavy atom. The van der Waals surface area contributed by atoms with Crippen LogP contribution in [0.4, 0.5) is 0 Å². The predicted molar refractivity (Wildman–Crippen MR) is 68.4 cm³/mol. The summed E-state index contributed by atoms with van der Waals surface area (Å²) in [4.78, 5) is 0. The van der Waals surface area contributed by atoms with Crippen LogP contribution >= 0.6 is 0 Å². The van der Waals surface area contributed by atoms with E-state index >= 15 is 0 Å². The first-order valence-electron chi connectivity index (χ1n) is 6.64. The number of hydrogen-bond acceptors (Lipinski definition) is 2. The van der Waals surface area contributed by atoms with E-state index in [1.165, 1.54) is 42.4 Å². The van der Waals surface area contributed by atoms with Gasteiger partial charge in [0.15, 0.2) is 0 Å². The van der Waals surface area contributed by atoms with Gasteiger partial charge in [-0.1, -0.05) is 38.0 Å². The van der Waals surface area contributed by atoms with Gasteiger partial charge in [0.2, 0.25) is 0 Å². The van der Waals surface area contributed by atoms with Crippen LogP contribution in [0.3, 0.4) is 0 Å². The summed E-state index contributed by atoms with van der Waals surface area (Å²) >= 11 is 0. The monoisotopic (exact) mass is 231 g/mol. The quantitative estimate of drug-likeness (QED) is 0.847. The molecule has 0 aromatic heterocycles. The van der Waals surface area contributed by atoms with E-state index in [1.807, 2.05) is 0 Å². The second-order valence-corrected chi connectivity index (χ2v) is 5.86. The fourth-order valence-corrected chi connectivity index (χ4v) is 3.28. The number of benzene rings is 1. The van der Waals surface area contributed by atoms with Crippen LogP contribution in [0, 0.1) is 5.41 Å². The minimum atomic E-state index is 0.177. The van der Waals surface area contributed by atoms with Crippen molar-refractivity contribution < 1.29 is 4.74 Å². The van der Waals surface area contributed by atoms with Crippen LogP contribution < -0.4 is 5.73 Å². The smallest absolute Gasteiger partial charge is 0.0725 e. The molecule has 1 saturated carbocycles. The van der Waals surface area contributed by atoms with Crippen LogP contribution in [0.15, 0.2) is 18.2 Å². The highest BCUT2D eigenvalue weighted by molar-refractivity contribution is 5.35. The molecule has 17 heavy (non-hydrogen) atoms. The number of fused-ring (bicyclic) bond motifs is 1. The van der Waals surface area contributed by atoms with Gasteiger partial charge in [-0.15, -0.1) is 0 Å². The maximum Gasteiger partial charge on any atom is 0.0725 e. The fourth-order valence-electron chi connectivity index (χ4n) is 3.28. The Hall–Kier alpha value is -0.860. The van der Waals surface area contributed by atoms with Crippen molar-refractivity contribution in [2.24, 2.45) is 11.1 Å².